The highest BCUT2D eigenvalue weighted by molar-refractivity contribution is 7.93. The van der Waals surface area contributed by atoms with Crippen LogP contribution in [0.4, 0.5) is 4.39 Å². The third kappa shape index (κ3) is 3.04. The number of benzene rings is 1. The molecule has 1 aliphatic heterocycles. The Morgan fingerprint density at radius 1 is 1.33 bits per heavy atom. The smallest absolute Gasteiger partial charge is 0.299 e. The molecule has 5 nitrogen and oxygen atoms in total. The number of hydroxylamine groups is 1. The van der Waals surface area contributed by atoms with E-state index in [1.807, 2.05) is 0 Å². The van der Waals surface area contributed by atoms with Gasteiger partial charge >= 0.3 is 0 Å². The highest BCUT2D eigenvalue weighted by Crippen LogP contribution is 2.54. The Kier molecular flexibility index (Phi) is 5.09. The number of rotatable bonds is 3. The molecule has 2 aliphatic rings. The van der Waals surface area contributed by atoms with E-state index in [9.17, 15) is 18.9 Å². The van der Waals surface area contributed by atoms with Crippen LogP contribution < -0.4 is 10.8 Å². The maximum absolute atomic E-state index is 13.4. The minimum Gasteiger partial charge on any atom is -0.611 e. The van der Waals surface area contributed by atoms with E-state index in [4.69, 9.17) is 11.6 Å². The highest BCUT2D eigenvalue weighted by Gasteiger charge is 2.60. The lowest BCUT2D eigenvalue weighted by molar-refractivity contribution is -0.132. The fourth-order valence-corrected chi connectivity index (χ4v) is 6.04. The van der Waals surface area contributed by atoms with Gasteiger partial charge in [0, 0.05) is 30.1 Å². The summed E-state index contributed by atoms with van der Waals surface area (Å²) in [5, 5.41) is 12.4. The number of carbonyl (C=O) groups is 1. The first-order chi connectivity index (χ1) is 11.4. The van der Waals surface area contributed by atoms with Crippen molar-refractivity contribution in [1.29, 1.82) is 0 Å². The van der Waals surface area contributed by atoms with Crippen LogP contribution in [0.1, 0.15) is 32.1 Å². The molecule has 2 unspecified atom stereocenters. The van der Waals surface area contributed by atoms with Gasteiger partial charge in [0.05, 0.1) is 5.02 Å². The van der Waals surface area contributed by atoms with Gasteiger partial charge in [-0.1, -0.05) is 11.6 Å². The van der Waals surface area contributed by atoms with Crippen molar-refractivity contribution in [3.05, 3.63) is 29.0 Å². The van der Waals surface area contributed by atoms with Crippen molar-refractivity contribution in [3.63, 3.8) is 0 Å². The first-order valence-corrected chi connectivity index (χ1v) is 9.47. The monoisotopic (exact) mass is 374 g/mol. The summed E-state index contributed by atoms with van der Waals surface area (Å²) in [5.74, 6) is -1.24. The van der Waals surface area contributed by atoms with Gasteiger partial charge in [0.1, 0.15) is 5.82 Å². The van der Waals surface area contributed by atoms with Crippen molar-refractivity contribution in [2.24, 2.45) is 5.41 Å². The predicted octanol–water partition coefficient (Wildman–Crippen LogP) is 2.38. The SMILES string of the molecule is O=C(NO)C1([S+]([O-])c2ccc(F)c(Cl)c2)CCC2(CCNCC2)C1. The van der Waals surface area contributed by atoms with Crippen LogP contribution in [0.25, 0.3) is 0 Å². The van der Waals surface area contributed by atoms with Gasteiger partial charge in [0.2, 0.25) is 4.75 Å². The lowest BCUT2D eigenvalue weighted by Gasteiger charge is -2.36. The Morgan fingerprint density at radius 2 is 2.04 bits per heavy atom. The number of halogens is 2. The molecule has 1 aliphatic carbocycles. The zero-order chi connectivity index (χ0) is 17.4. The first kappa shape index (κ1) is 17.9. The molecule has 1 heterocycles. The second-order valence-corrected chi connectivity index (χ2v) is 8.90. The summed E-state index contributed by atoms with van der Waals surface area (Å²) in [7, 11) is 0. The van der Waals surface area contributed by atoms with Crippen LogP contribution >= 0.6 is 11.6 Å². The molecule has 2 atom stereocenters. The molecule has 3 N–H and O–H groups in total. The van der Waals surface area contributed by atoms with E-state index < -0.39 is 27.6 Å². The molecular formula is C16H20ClFN2O3S. The van der Waals surface area contributed by atoms with Crippen LogP contribution in [0.2, 0.25) is 5.02 Å². The number of nitrogens with one attached hydrogen (secondary N) is 2. The maximum Gasteiger partial charge on any atom is 0.299 e. The van der Waals surface area contributed by atoms with Crippen molar-refractivity contribution in [3.8, 4) is 0 Å². The van der Waals surface area contributed by atoms with Crippen molar-refractivity contribution < 1.29 is 18.9 Å². The van der Waals surface area contributed by atoms with Crippen LogP contribution in [0.5, 0.6) is 0 Å². The van der Waals surface area contributed by atoms with Gasteiger partial charge in [-0.3, -0.25) is 10.0 Å². The quantitative estimate of drug-likeness (QED) is 0.431. The average Bonchev–Trinajstić information content (AvgIpc) is 2.97. The summed E-state index contributed by atoms with van der Waals surface area (Å²) < 4.78 is 25.4. The third-order valence-electron chi connectivity index (χ3n) is 5.36. The van der Waals surface area contributed by atoms with E-state index in [0.717, 1.165) is 38.4 Å². The van der Waals surface area contributed by atoms with Crippen LogP contribution in [0.3, 0.4) is 0 Å². The average molecular weight is 375 g/mol. The molecule has 1 saturated carbocycles. The van der Waals surface area contributed by atoms with Gasteiger partial charge in [0.15, 0.2) is 4.90 Å². The number of piperidine rings is 1. The summed E-state index contributed by atoms with van der Waals surface area (Å²) in [6.45, 7) is 1.73. The molecule has 8 heteroatoms. The molecule has 1 aromatic rings. The summed E-state index contributed by atoms with van der Waals surface area (Å²) >= 11 is 4.06. The molecular weight excluding hydrogens is 355 g/mol. The zero-order valence-corrected chi connectivity index (χ0v) is 14.7. The van der Waals surface area contributed by atoms with E-state index in [2.05, 4.69) is 5.32 Å². The Labute approximate surface area is 148 Å². The van der Waals surface area contributed by atoms with Gasteiger partial charge in [-0.15, -0.1) is 0 Å². The molecule has 1 spiro atoms. The second kappa shape index (κ2) is 6.80. The summed E-state index contributed by atoms with van der Waals surface area (Å²) in [6, 6.07) is 3.83. The molecule has 0 bridgehead atoms. The van der Waals surface area contributed by atoms with Crippen molar-refractivity contribution in [2.45, 2.75) is 41.7 Å². The lowest BCUT2D eigenvalue weighted by Crippen LogP contribution is -2.51. The lowest BCUT2D eigenvalue weighted by atomic mass is 9.77. The van der Waals surface area contributed by atoms with E-state index >= 15 is 0 Å². The molecule has 3 rings (SSSR count). The summed E-state index contributed by atoms with van der Waals surface area (Å²) in [6.07, 6.45) is 3.46. The molecule has 2 fully saturated rings. The van der Waals surface area contributed by atoms with Crippen molar-refractivity contribution in [2.75, 3.05) is 13.1 Å². The molecule has 1 saturated heterocycles. The van der Waals surface area contributed by atoms with Crippen LogP contribution in [-0.2, 0) is 16.0 Å². The number of hydrogen-bond donors (Lipinski definition) is 3. The van der Waals surface area contributed by atoms with Gasteiger partial charge in [-0.05, 0) is 49.9 Å². The Bertz CT molecular complexity index is 642. The molecule has 24 heavy (non-hydrogen) atoms. The van der Waals surface area contributed by atoms with E-state index in [-0.39, 0.29) is 10.4 Å². The van der Waals surface area contributed by atoms with Gasteiger partial charge in [0.25, 0.3) is 5.91 Å². The molecule has 0 radical (unpaired) electrons. The van der Waals surface area contributed by atoms with E-state index in [0.29, 0.717) is 17.7 Å². The topological polar surface area (TPSA) is 84.4 Å². The Balaban J connectivity index is 1.94. The van der Waals surface area contributed by atoms with E-state index in [1.54, 1.807) is 5.48 Å². The van der Waals surface area contributed by atoms with Gasteiger partial charge < -0.3 is 9.87 Å². The zero-order valence-electron chi connectivity index (χ0n) is 13.1. The Morgan fingerprint density at radius 3 is 2.67 bits per heavy atom. The number of carbonyl (C=O) groups excluding carboxylic acids is 1. The van der Waals surface area contributed by atoms with Crippen molar-refractivity contribution in [1.82, 2.24) is 10.8 Å². The second-order valence-electron chi connectivity index (χ2n) is 6.71. The predicted molar refractivity (Wildman–Crippen MR) is 88.9 cm³/mol. The largest absolute Gasteiger partial charge is 0.611 e. The molecule has 1 amide bonds. The summed E-state index contributed by atoms with van der Waals surface area (Å²) in [4.78, 5) is 12.8. The molecule has 132 valence electrons. The van der Waals surface area contributed by atoms with E-state index in [1.165, 1.54) is 12.1 Å². The third-order valence-corrected chi connectivity index (χ3v) is 7.57. The highest BCUT2D eigenvalue weighted by atomic mass is 35.5. The van der Waals surface area contributed by atoms with Crippen molar-refractivity contribution >= 4 is 28.7 Å². The number of amides is 1. The fourth-order valence-electron chi connectivity index (χ4n) is 3.99. The van der Waals surface area contributed by atoms with Crippen LogP contribution in [-0.4, -0.2) is 33.5 Å². The van der Waals surface area contributed by atoms with Crippen LogP contribution in [0, 0.1) is 11.2 Å². The molecule has 0 aromatic heterocycles. The van der Waals surface area contributed by atoms with Gasteiger partial charge in [-0.2, -0.15) is 0 Å². The normalized spacial score (nSPS) is 27.2. The minimum absolute atomic E-state index is 0.0444. The molecule has 1 aromatic carbocycles. The van der Waals surface area contributed by atoms with Gasteiger partial charge in [-0.25, -0.2) is 9.87 Å². The van der Waals surface area contributed by atoms with Crippen LogP contribution in [0.15, 0.2) is 23.1 Å². The summed E-state index contributed by atoms with van der Waals surface area (Å²) in [5.41, 5.74) is 1.65. The maximum atomic E-state index is 13.4. The Hall–Kier alpha value is -0.860. The standard InChI is InChI=1S/C16H20ClFN2O3S/c17-12-9-11(1-2-13(12)18)24(23)16(14(21)20-22)4-3-15(10-16)5-7-19-8-6-15/h1-2,9,19,22H,3-8,10H2,(H,20,21). The first-order valence-electron chi connectivity index (χ1n) is 7.95. The fraction of sp³-hybridized carbons (Fsp3) is 0.562. The number of hydrogen-bond acceptors (Lipinski definition) is 4. The minimum atomic E-state index is -1.74.